The number of carbonyl (C=O) groups is 1. The fraction of sp³-hybridized carbons (Fsp3) is 0.364. The van der Waals surface area contributed by atoms with Gasteiger partial charge in [0.2, 0.25) is 0 Å². The van der Waals surface area contributed by atoms with Crippen LogP contribution in [0.1, 0.15) is 18.9 Å². The maximum absolute atomic E-state index is 13.3. The molecule has 16 heavy (non-hydrogen) atoms. The smallest absolute Gasteiger partial charge is 0.306 e. The van der Waals surface area contributed by atoms with E-state index >= 15 is 0 Å². The molecule has 1 aromatic carbocycles. The SMILES string of the molecule is CCOC(=O)CCc1cc(NO)ccc1F. The second-order valence-electron chi connectivity index (χ2n) is 3.22. The van der Waals surface area contributed by atoms with E-state index in [9.17, 15) is 9.18 Å². The number of halogens is 1. The molecule has 0 aliphatic rings. The number of anilines is 1. The van der Waals surface area contributed by atoms with Gasteiger partial charge in [-0.3, -0.25) is 15.5 Å². The maximum Gasteiger partial charge on any atom is 0.306 e. The Labute approximate surface area is 93.0 Å². The van der Waals surface area contributed by atoms with Gasteiger partial charge in [0.15, 0.2) is 0 Å². The largest absolute Gasteiger partial charge is 0.466 e. The number of rotatable bonds is 5. The van der Waals surface area contributed by atoms with Crippen molar-refractivity contribution in [3.05, 3.63) is 29.6 Å². The molecule has 0 heterocycles. The highest BCUT2D eigenvalue weighted by atomic mass is 19.1. The van der Waals surface area contributed by atoms with Gasteiger partial charge in [-0.2, -0.15) is 0 Å². The molecule has 1 rings (SSSR count). The minimum atomic E-state index is -0.400. The number of carbonyl (C=O) groups excluding carboxylic acids is 1. The lowest BCUT2D eigenvalue weighted by atomic mass is 10.1. The third kappa shape index (κ3) is 3.51. The molecule has 0 aromatic heterocycles. The Balaban J connectivity index is 2.62. The molecule has 88 valence electrons. The summed E-state index contributed by atoms with van der Waals surface area (Å²) < 4.78 is 18.0. The van der Waals surface area contributed by atoms with Crippen LogP contribution >= 0.6 is 0 Å². The van der Waals surface area contributed by atoms with E-state index in [0.717, 1.165) is 0 Å². The summed E-state index contributed by atoms with van der Waals surface area (Å²) in [6.45, 7) is 2.04. The zero-order valence-electron chi connectivity index (χ0n) is 9.00. The summed E-state index contributed by atoms with van der Waals surface area (Å²) in [5.74, 6) is -0.757. The number of aryl methyl sites for hydroxylation is 1. The molecule has 5 heteroatoms. The van der Waals surface area contributed by atoms with Gasteiger partial charge in [-0.05, 0) is 37.1 Å². The van der Waals surface area contributed by atoms with Crippen LogP contribution in [0.5, 0.6) is 0 Å². The minimum Gasteiger partial charge on any atom is -0.466 e. The van der Waals surface area contributed by atoms with Gasteiger partial charge in [0.1, 0.15) is 5.82 Å². The Morgan fingerprint density at radius 1 is 1.56 bits per heavy atom. The van der Waals surface area contributed by atoms with Crippen molar-refractivity contribution in [2.24, 2.45) is 0 Å². The third-order valence-electron chi connectivity index (χ3n) is 2.08. The fourth-order valence-electron chi connectivity index (χ4n) is 1.31. The second-order valence-corrected chi connectivity index (χ2v) is 3.22. The summed E-state index contributed by atoms with van der Waals surface area (Å²) in [5.41, 5.74) is 2.68. The van der Waals surface area contributed by atoms with Crippen molar-refractivity contribution in [2.75, 3.05) is 12.1 Å². The molecule has 0 unspecified atom stereocenters. The van der Waals surface area contributed by atoms with E-state index < -0.39 is 5.82 Å². The van der Waals surface area contributed by atoms with Crippen molar-refractivity contribution >= 4 is 11.7 Å². The molecule has 0 atom stereocenters. The quantitative estimate of drug-likeness (QED) is 0.597. The Bertz CT molecular complexity index is 368. The van der Waals surface area contributed by atoms with Crippen LogP contribution in [0.25, 0.3) is 0 Å². The highest BCUT2D eigenvalue weighted by Crippen LogP contribution is 2.16. The van der Waals surface area contributed by atoms with Gasteiger partial charge in [-0.1, -0.05) is 0 Å². The second kappa shape index (κ2) is 6.07. The molecule has 0 amide bonds. The van der Waals surface area contributed by atoms with E-state index in [2.05, 4.69) is 0 Å². The van der Waals surface area contributed by atoms with Gasteiger partial charge in [-0.25, -0.2) is 4.39 Å². The molecule has 0 spiro atoms. The lowest BCUT2D eigenvalue weighted by molar-refractivity contribution is -0.143. The fourth-order valence-corrected chi connectivity index (χ4v) is 1.31. The molecule has 0 aliphatic carbocycles. The van der Waals surface area contributed by atoms with Gasteiger partial charge in [0.05, 0.1) is 12.3 Å². The standard InChI is InChI=1S/C11H14FNO3/c1-2-16-11(14)6-3-8-7-9(13-15)4-5-10(8)12/h4-5,7,13,15H,2-3,6H2,1H3. The average molecular weight is 227 g/mol. The van der Waals surface area contributed by atoms with E-state index in [1.54, 1.807) is 6.92 Å². The summed E-state index contributed by atoms with van der Waals surface area (Å²) >= 11 is 0. The van der Waals surface area contributed by atoms with E-state index in [0.29, 0.717) is 17.9 Å². The summed E-state index contributed by atoms with van der Waals surface area (Å²) in [4.78, 5) is 11.1. The summed E-state index contributed by atoms with van der Waals surface area (Å²) in [6.07, 6.45) is 0.375. The van der Waals surface area contributed by atoms with Crippen LogP contribution in [0.4, 0.5) is 10.1 Å². The number of hydrogen-bond donors (Lipinski definition) is 2. The van der Waals surface area contributed by atoms with Crippen LogP contribution in [0, 0.1) is 5.82 Å². The van der Waals surface area contributed by atoms with Crippen molar-refractivity contribution in [2.45, 2.75) is 19.8 Å². The number of esters is 1. The summed E-state index contributed by atoms with van der Waals surface area (Å²) in [5, 5.41) is 8.65. The summed E-state index contributed by atoms with van der Waals surface area (Å²) in [6, 6.07) is 4.09. The van der Waals surface area contributed by atoms with E-state index in [1.807, 2.05) is 5.48 Å². The maximum atomic E-state index is 13.3. The van der Waals surface area contributed by atoms with Crippen LogP contribution in [0.3, 0.4) is 0 Å². The lowest BCUT2D eigenvalue weighted by Crippen LogP contribution is -2.06. The molecule has 0 bridgehead atoms. The Hall–Kier alpha value is -1.62. The molecule has 4 nitrogen and oxygen atoms in total. The zero-order valence-corrected chi connectivity index (χ0v) is 9.00. The van der Waals surface area contributed by atoms with Gasteiger partial charge in [0, 0.05) is 6.42 Å². The highest BCUT2D eigenvalue weighted by Gasteiger charge is 2.07. The zero-order chi connectivity index (χ0) is 12.0. The van der Waals surface area contributed by atoms with E-state index in [1.165, 1.54) is 18.2 Å². The monoisotopic (exact) mass is 227 g/mol. The molecule has 0 radical (unpaired) electrons. The topological polar surface area (TPSA) is 58.6 Å². The van der Waals surface area contributed by atoms with Gasteiger partial charge in [-0.15, -0.1) is 0 Å². The normalized spacial score (nSPS) is 9.94. The first-order valence-corrected chi connectivity index (χ1v) is 5.01. The first kappa shape index (κ1) is 12.4. The van der Waals surface area contributed by atoms with Crippen LogP contribution < -0.4 is 5.48 Å². The van der Waals surface area contributed by atoms with Crippen LogP contribution in [-0.4, -0.2) is 17.8 Å². The first-order valence-electron chi connectivity index (χ1n) is 5.01. The third-order valence-corrected chi connectivity index (χ3v) is 2.08. The number of benzene rings is 1. The molecule has 1 aromatic rings. The Kier molecular flexibility index (Phi) is 4.72. The van der Waals surface area contributed by atoms with Gasteiger partial charge < -0.3 is 4.74 Å². The summed E-state index contributed by atoms with van der Waals surface area (Å²) in [7, 11) is 0. The predicted molar refractivity (Wildman–Crippen MR) is 56.8 cm³/mol. The average Bonchev–Trinajstić information content (AvgIpc) is 2.28. The number of nitrogens with one attached hydrogen (secondary N) is 1. The van der Waals surface area contributed by atoms with Gasteiger partial charge in [0.25, 0.3) is 0 Å². The molecule has 0 saturated carbocycles. The van der Waals surface area contributed by atoms with Crippen molar-refractivity contribution in [1.29, 1.82) is 0 Å². The van der Waals surface area contributed by atoms with E-state index in [-0.39, 0.29) is 18.8 Å². The van der Waals surface area contributed by atoms with Crippen molar-refractivity contribution in [3.63, 3.8) is 0 Å². The molecule has 0 aliphatic heterocycles. The molecular weight excluding hydrogens is 213 g/mol. The molecule has 0 fully saturated rings. The molecule has 0 saturated heterocycles. The van der Waals surface area contributed by atoms with Gasteiger partial charge >= 0.3 is 5.97 Å². The molecule has 2 N–H and O–H groups in total. The number of ether oxygens (including phenoxy) is 1. The highest BCUT2D eigenvalue weighted by molar-refractivity contribution is 5.69. The van der Waals surface area contributed by atoms with Crippen molar-refractivity contribution in [3.8, 4) is 0 Å². The number of hydrogen-bond acceptors (Lipinski definition) is 4. The van der Waals surface area contributed by atoms with Crippen LogP contribution in [0.2, 0.25) is 0 Å². The lowest BCUT2D eigenvalue weighted by Gasteiger charge is -2.05. The first-order chi connectivity index (χ1) is 7.67. The van der Waals surface area contributed by atoms with Crippen molar-refractivity contribution < 1.29 is 19.1 Å². The minimum absolute atomic E-state index is 0.125. The van der Waals surface area contributed by atoms with Crippen LogP contribution in [-0.2, 0) is 16.0 Å². The van der Waals surface area contributed by atoms with Crippen LogP contribution in [0.15, 0.2) is 18.2 Å². The Morgan fingerprint density at radius 2 is 2.31 bits per heavy atom. The van der Waals surface area contributed by atoms with Crippen molar-refractivity contribution in [1.82, 2.24) is 0 Å². The predicted octanol–water partition coefficient (Wildman–Crippen LogP) is 2.12. The van der Waals surface area contributed by atoms with E-state index in [4.69, 9.17) is 9.94 Å². The Morgan fingerprint density at radius 3 is 2.94 bits per heavy atom. The molecular formula is C11H14FNO3.